The van der Waals surface area contributed by atoms with Crippen LogP contribution in [0, 0.1) is 0 Å². The highest BCUT2D eigenvalue weighted by molar-refractivity contribution is 6.36. The van der Waals surface area contributed by atoms with Gasteiger partial charge in [-0.1, -0.05) is 51.9 Å². The smallest absolute Gasteiger partial charge is 0.333 e. The Kier molecular flexibility index (Phi) is 29.3. The van der Waals surface area contributed by atoms with Gasteiger partial charge in [0.1, 0.15) is 11.8 Å². The molecule has 0 aliphatic carbocycles. The fourth-order valence-electron chi connectivity index (χ4n) is 2.92. The van der Waals surface area contributed by atoms with Crippen LogP contribution in [0.25, 0.3) is 0 Å². The number of carbonyl (C=O) groups is 2. The van der Waals surface area contributed by atoms with Crippen LogP contribution in [-0.2, 0) is 38.0 Å². The van der Waals surface area contributed by atoms with Gasteiger partial charge < -0.3 is 28.4 Å². The van der Waals surface area contributed by atoms with Crippen molar-refractivity contribution < 1.29 is 38.0 Å². The quantitative estimate of drug-likeness (QED) is 0.0548. The number of carbonyl (C=O) groups excluding carboxylic acids is 2. The Morgan fingerprint density at radius 1 is 0.605 bits per heavy atom. The highest BCUT2D eigenvalue weighted by atomic mass is 28.2. The average molecular weight is 577 g/mol. The first-order valence-corrected chi connectivity index (χ1v) is 18.0. The monoisotopic (exact) mass is 576 g/mol. The first-order chi connectivity index (χ1) is 18.2. The van der Waals surface area contributed by atoms with E-state index in [1.807, 2.05) is 13.8 Å². The summed E-state index contributed by atoms with van der Waals surface area (Å²) in [6.45, 7) is 22.5. The minimum Gasteiger partial charge on any atom is -0.462 e. The third-order valence-electron chi connectivity index (χ3n) is 5.14. The lowest BCUT2D eigenvalue weighted by Crippen LogP contribution is -2.26. The molecule has 0 bridgehead atoms. The van der Waals surface area contributed by atoms with E-state index in [0.29, 0.717) is 37.6 Å². The minimum absolute atomic E-state index is 0.00171. The van der Waals surface area contributed by atoms with Gasteiger partial charge in [-0.2, -0.15) is 0 Å². The summed E-state index contributed by atoms with van der Waals surface area (Å²) >= 11 is 0. The molecule has 0 fully saturated rings. The Morgan fingerprint density at radius 2 is 0.974 bits per heavy atom. The number of hydrogen-bond acceptors (Lipinski definition) is 8. The van der Waals surface area contributed by atoms with Crippen LogP contribution in [0.2, 0.25) is 12.1 Å². The highest BCUT2D eigenvalue weighted by Crippen LogP contribution is 2.04. The van der Waals surface area contributed by atoms with E-state index in [9.17, 15) is 9.59 Å². The molecule has 0 saturated heterocycles. The Hall–Kier alpha value is -1.31. The normalized spacial score (nSPS) is 11.4. The molecule has 0 rings (SSSR count). The van der Waals surface area contributed by atoms with Gasteiger partial charge in [0.2, 0.25) is 0 Å². The van der Waals surface area contributed by atoms with E-state index in [-0.39, 0.29) is 23.8 Å². The molecule has 0 radical (unpaired) electrons. The number of unbranched alkanes of at least 4 members (excludes halogenated alkanes) is 2. The highest BCUT2D eigenvalue weighted by Gasteiger charge is 2.11. The molecule has 0 spiro atoms. The summed E-state index contributed by atoms with van der Waals surface area (Å²) in [4.78, 5) is 22.3. The molecule has 0 aliphatic rings. The van der Waals surface area contributed by atoms with E-state index < -0.39 is 19.0 Å². The summed E-state index contributed by atoms with van der Waals surface area (Å²) < 4.78 is 32.6. The van der Waals surface area contributed by atoms with Gasteiger partial charge in [0, 0.05) is 37.6 Å². The van der Waals surface area contributed by atoms with Crippen molar-refractivity contribution in [2.45, 2.75) is 104 Å². The Labute approximate surface area is 236 Å². The predicted molar refractivity (Wildman–Crippen MR) is 160 cm³/mol. The van der Waals surface area contributed by atoms with Crippen LogP contribution in [-0.4, -0.2) is 82.4 Å². The lowest BCUT2D eigenvalue weighted by Gasteiger charge is -2.18. The lowest BCUT2D eigenvalue weighted by atomic mass is 10.4. The lowest BCUT2D eigenvalue weighted by molar-refractivity contribution is -0.139. The molecule has 224 valence electrons. The van der Waals surface area contributed by atoms with Crippen LogP contribution in [0.5, 0.6) is 0 Å². The second-order valence-electron chi connectivity index (χ2n) is 9.04. The molecule has 10 heteroatoms. The van der Waals surface area contributed by atoms with E-state index in [4.69, 9.17) is 28.4 Å². The standard InChI is InChI=1S/C16H32O4Si.C12H24O4Si/c1-5-7-10-19-16(20-11-8-6-2)21-13-9-12-18-15(17)14(3)4;1-5-14-12(15-6-2)17-9-7-8-16-11(13)10(3)4/h16H,3,5-13,21H2,1-2,4H3;12H,3,5-9,17H2,1-2,4H3. The number of rotatable bonds is 24. The van der Waals surface area contributed by atoms with Gasteiger partial charge >= 0.3 is 11.9 Å². The number of esters is 2. The molecule has 0 amide bonds. The zero-order chi connectivity index (χ0) is 29.0. The molecule has 0 aromatic heterocycles. The van der Waals surface area contributed by atoms with Crippen molar-refractivity contribution in [1.82, 2.24) is 0 Å². The molecule has 0 atom stereocenters. The van der Waals surface area contributed by atoms with Crippen LogP contribution in [0.3, 0.4) is 0 Å². The summed E-state index contributed by atoms with van der Waals surface area (Å²) in [5.41, 5.74) is 0.902. The zero-order valence-electron chi connectivity index (χ0n) is 25.1. The van der Waals surface area contributed by atoms with Gasteiger partial charge in [-0.15, -0.1) is 0 Å². The van der Waals surface area contributed by atoms with Gasteiger partial charge in [-0.25, -0.2) is 9.59 Å². The third-order valence-corrected chi connectivity index (χ3v) is 8.84. The van der Waals surface area contributed by atoms with E-state index in [1.165, 1.54) is 0 Å². The molecule has 8 nitrogen and oxygen atoms in total. The molecular formula is C28H56O8Si2. The maximum Gasteiger partial charge on any atom is 0.333 e. The zero-order valence-corrected chi connectivity index (χ0v) is 28.0. The molecule has 0 aromatic rings. The summed E-state index contributed by atoms with van der Waals surface area (Å²) in [7, 11) is -0.872. The summed E-state index contributed by atoms with van der Waals surface area (Å²) in [5, 5.41) is 0. The fourth-order valence-corrected chi connectivity index (χ4v) is 6.05. The Morgan fingerprint density at radius 3 is 1.29 bits per heavy atom. The van der Waals surface area contributed by atoms with Crippen molar-refractivity contribution in [2.75, 3.05) is 39.6 Å². The molecule has 38 heavy (non-hydrogen) atoms. The summed E-state index contributed by atoms with van der Waals surface area (Å²) in [6.07, 6.45) is 6.20. The Bertz CT molecular complexity index is 600. The number of ether oxygens (including phenoxy) is 6. The van der Waals surface area contributed by atoms with E-state index in [1.54, 1.807) is 13.8 Å². The molecule has 0 aliphatic heterocycles. The van der Waals surface area contributed by atoms with Crippen molar-refractivity contribution in [2.24, 2.45) is 0 Å². The van der Waals surface area contributed by atoms with Gasteiger partial charge in [0.25, 0.3) is 0 Å². The molecule has 0 N–H and O–H groups in total. The van der Waals surface area contributed by atoms with E-state index in [0.717, 1.165) is 63.8 Å². The van der Waals surface area contributed by atoms with Crippen LogP contribution < -0.4 is 0 Å². The van der Waals surface area contributed by atoms with E-state index >= 15 is 0 Å². The average Bonchev–Trinajstić information content (AvgIpc) is 2.88. The van der Waals surface area contributed by atoms with Gasteiger partial charge in [0.15, 0.2) is 0 Å². The molecule has 0 saturated carbocycles. The number of hydrogen-bond donors (Lipinski definition) is 0. The molecule has 0 unspecified atom stereocenters. The predicted octanol–water partition coefficient (Wildman–Crippen LogP) is 4.44. The van der Waals surface area contributed by atoms with Crippen molar-refractivity contribution >= 4 is 31.0 Å². The largest absolute Gasteiger partial charge is 0.462 e. The maximum absolute atomic E-state index is 11.2. The van der Waals surface area contributed by atoms with Crippen molar-refractivity contribution in [3.8, 4) is 0 Å². The second kappa shape index (κ2) is 28.7. The van der Waals surface area contributed by atoms with Crippen LogP contribution in [0.15, 0.2) is 24.3 Å². The SMILES string of the molecule is C=C(C)C(=O)OCCC[SiH2]C(OCC)OCC.C=C(C)C(=O)OCCC[SiH2]C(OCCCC)OCCCC. The first-order valence-electron chi connectivity index (χ1n) is 14.3. The Balaban J connectivity index is 0. The van der Waals surface area contributed by atoms with Crippen LogP contribution in [0.1, 0.15) is 80.1 Å². The van der Waals surface area contributed by atoms with Crippen molar-refractivity contribution in [3.05, 3.63) is 24.3 Å². The topological polar surface area (TPSA) is 89.5 Å². The van der Waals surface area contributed by atoms with E-state index in [2.05, 4.69) is 27.0 Å². The second-order valence-corrected chi connectivity index (χ2v) is 12.9. The van der Waals surface area contributed by atoms with Crippen LogP contribution in [0.4, 0.5) is 0 Å². The van der Waals surface area contributed by atoms with Crippen LogP contribution >= 0.6 is 0 Å². The van der Waals surface area contributed by atoms with Crippen molar-refractivity contribution in [3.63, 3.8) is 0 Å². The first kappa shape index (κ1) is 38.8. The molecule has 0 aromatic carbocycles. The van der Waals surface area contributed by atoms with Gasteiger partial charge in [-0.3, -0.25) is 0 Å². The maximum atomic E-state index is 11.2. The fraction of sp³-hybridized carbons (Fsp3) is 0.786. The van der Waals surface area contributed by atoms with Gasteiger partial charge in [0.05, 0.1) is 32.3 Å². The summed E-state index contributed by atoms with van der Waals surface area (Å²) in [6, 6.07) is 2.11. The van der Waals surface area contributed by atoms with Crippen molar-refractivity contribution in [1.29, 1.82) is 0 Å². The summed E-state index contributed by atoms with van der Waals surface area (Å²) in [5.74, 6) is -0.591. The van der Waals surface area contributed by atoms with Gasteiger partial charge in [-0.05, 0) is 53.4 Å². The minimum atomic E-state index is -0.453. The molecular weight excluding hydrogens is 520 g/mol. The third kappa shape index (κ3) is 26.3. The molecule has 0 heterocycles.